The van der Waals surface area contributed by atoms with E-state index < -0.39 is 0 Å². The smallest absolute Gasteiger partial charge is 0.240 e. The Morgan fingerprint density at radius 1 is 1.00 bits per heavy atom. The average Bonchev–Trinajstić information content (AvgIpc) is 3.03. The maximum absolute atomic E-state index is 13.1. The Balaban J connectivity index is 1.65. The Morgan fingerprint density at radius 2 is 1.63 bits per heavy atom. The number of nitrogens with zero attached hydrogens (tertiary/aromatic N) is 3. The van der Waals surface area contributed by atoms with Gasteiger partial charge in [-0.05, 0) is 38.5 Å². The summed E-state index contributed by atoms with van der Waals surface area (Å²) in [5.74, 6) is 0.709. The van der Waals surface area contributed by atoms with E-state index in [0.29, 0.717) is 5.16 Å². The van der Waals surface area contributed by atoms with Crippen LogP contribution in [-0.4, -0.2) is 26.0 Å². The van der Waals surface area contributed by atoms with Crippen LogP contribution in [0.1, 0.15) is 28.6 Å². The van der Waals surface area contributed by atoms with Gasteiger partial charge >= 0.3 is 0 Å². The van der Waals surface area contributed by atoms with Gasteiger partial charge in [0, 0.05) is 5.69 Å². The molecule has 2 atom stereocenters. The molecule has 0 fully saturated rings. The zero-order valence-electron chi connectivity index (χ0n) is 15.4. The lowest BCUT2D eigenvalue weighted by atomic mass is 10.0. The Morgan fingerprint density at radius 3 is 2.30 bits per heavy atom. The summed E-state index contributed by atoms with van der Waals surface area (Å²) in [7, 11) is 0. The summed E-state index contributed by atoms with van der Waals surface area (Å²) in [6, 6.07) is 15.9. The second-order valence-electron chi connectivity index (χ2n) is 6.78. The van der Waals surface area contributed by atoms with Crippen molar-refractivity contribution in [3.8, 4) is 0 Å². The van der Waals surface area contributed by atoms with Gasteiger partial charge in [-0.15, -0.1) is 10.2 Å². The zero-order chi connectivity index (χ0) is 19.0. The van der Waals surface area contributed by atoms with Crippen LogP contribution >= 0.6 is 11.8 Å². The van der Waals surface area contributed by atoms with Gasteiger partial charge in [0.1, 0.15) is 11.1 Å². The van der Waals surface area contributed by atoms with Crippen molar-refractivity contribution >= 4 is 23.4 Å². The highest BCUT2D eigenvalue weighted by atomic mass is 32.2. The third-order valence-corrected chi connectivity index (χ3v) is 5.83. The van der Waals surface area contributed by atoms with Gasteiger partial charge in [0.25, 0.3) is 0 Å². The fourth-order valence-corrected chi connectivity index (χ4v) is 4.16. The largest absolute Gasteiger partial charge is 0.325 e. The topological polar surface area (TPSA) is 71.8 Å². The van der Waals surface area contributed by atoms with E-state index in [4.69, 9.17) is 0 Å². The lowest BCUT2D eigenvalue weighted by Gasteiger charge is -2.32. The Hall–Kier alpha value is -2.80. The van der Waals surface area contributed by atoms with Gasteiger partial charge in [-0.3, -0.25) is 4.79 Å². The van der Waals surface area contributed by atoms with Crippen molar-refractivity contribution in [2.24, 2.45) is 0 Å². The van der Waals surface area contributed by atoms with Crippen molar-refractivity contribution in [2.45, 2.75) is 37.2 Å². The predicted octanol–water partition coefficient (Wildman–Crippen LogP) is 3.60. The van der Waals surface area contributed by atoms with E-state index in [0.717, 1.165) is 22.6 Å². The van der Waals surface area contributed by atoms with Gasteiger partial charge in [-0.2, -0.15) is 0 Å². The van der Waals surface area contributed by atoms with Crippen LogP contribution in [0.15, 0.2) is 53.7 Å². The van der Waals surface area contributed by atoms with Gasteiger partial charge in [0.2, 0.25) is 11.1 Å². The maximum atomic E-state index is 13.1. The number of fused-ring (bicyclic) bond motifs is 1. The molecule has 0 spiro atoms. The number of thioether (sulfide) groups is 1. The quantitative estimate of drug-likeness (QED) is 0.727. The predicted molar refractivity (Wildman–Crippen MR) is 107 cm³/mol. The molecule has 0 saturated heterocycles. The van der Waals surface area contributed by atoms with Crippen LogP contribution in [0.25, 0.3) is 0 Å². The first-order valence-corrected chi connectivity index (χ1v) is 9.68. The van der Waals surface area contributed by atoms with E-state index in [9.17, 15) is 4.79 Å². The molecular formula is C20H21N5OS. The molecule has 0 radical (unpaired) electrons. The first-order valence-electron chi connectivity index (χ1n) is 8.80. The third-order valence-electron chi connectivity index (χ3n) is 4.61. The highest BCUT2D eigenvalue weighted by molar-refractivity contribution is 8.00. The molecule has 1 aliphatic rings. The molecular weight excluding hydrogens is 358 g/mol. The summed E-state index contributed by atoms with van der Waals surface area (Å²) in [5.41, 5.74) is 7.60. The van der Waals surface area contributed by atoms with E-state index in [-0.39, 0.29) is 17.2 Å². The van der Waals surface area contributed by atoms with E-state index in [1.54, 1.807) is 0 Å². The number of hydrogen-bond donors (Lipinski definition) is 2. The molecule has 3 aromatic rings. The van der Waals surface area contributed by atoms with E-state index >= 15 is 0 Å². The van der Waals surface area contributed by atoms with Crippen molar-refractivity contribution in [1.82, 2.24) is 14.9 Å². The molecule has 2 N–H and O–H groups in total. The molecule has 6 nitrogen and oxygen atoms in total. The fraction of sp³-hybridized carbons (Fsp3) is 0.250. The van der Waals surface area contributed by atoms with Crippen LogP contribution in [0.3, 0.4) is 0 Å². The Bertz CT molecular complexity index is 965. The molecule has 27 heavy (non-hydrogen) atoms. The number of aryl methyl sites for hydroxylation is 3. The monoisotopic (exact) mass is 379 g/mol. The third kappa shape index (κ3) is 3.55. The minimum absolute atomic E-state index is 0.0613. The molecule has 7 heteroatoms. The lowest BCUT2D eigenvalue weighted by molar-refractivity contribution is -0.116. The van der Waals surface area contributed by atoms with Gasteiger partial charge in [-0.1, -0.05) is 59.3 Å². The molecule has 1 amide bonds. The van der Waals surface area contributed by atoms with E-state index in [1.165, 1.54) is 17.3 Å². The van der Waals surface area contributed by atoms with Crippen molar-refractivity contribution in [1.29, 1.82) is 0 Å². The van der Waals surface area contributed by atoms with Crippen LogP contribution < -0.4 is 10.7 Å². The number of carbonyl (C=O) groups is 1. The average molecular weight is 379 g/mol. The van der Waals surface area contributed by atoms with Gasteiger partial charge in [0.05, 0.1) is 6.04 Å². The summed E-state index contributed by atoms with van der Waals surface area (Å²) in [6.45, 7) is 5.97. The minimum atomic E-state index is -0.370. The fourth-order valence-electron chi connectivity index (χ4n) is 3.03. The number of hydrogen-bond acceptors (Lipinski definition) is 5. The molecule has 138 valence electrons. The van der Waals surface area contributed by atoms with Crippen LogP contribution in [-0.2, 0) is 4.79 Å². The second-order valence-corrected chi connectivity index (χ2v) is 7.89. The van der Waals surface area contributed by atoms with E-state index in [1.807, 2.05) is 42.8 Å². The van der Waals surface area contributed by atoms with Crippen LogP contribution in [0.2, 0.25) is 0 Å². The molecule has 2 aromatic carbocycles. The summed E-state index contributed by atoms with van der Waals surface area (Å²) >= 11 is 1.43. The second kappa shape index (κ2) is 7.08. The standard InChI is InChI=1S/C20H21N5OS/c1-12-4-8-15(9-5-12)17-18(27-20-23-22-14(3)25(20)24-17)19(26)21-16-10-6-13(2)7-11-16/h4-11,17-18,24H,1-3H3,(H,21,26). The van der Waals surface area contributed by atoms with Gasteiger partial charge in [0.15, 0.2) is 0 Å². The van der Waals surface area contributed by atoms with Crippen molar-refractivity contribution in [3.63, 3.8) is 0 Å². The molecule has 0 bridgehead atoms. The van der Waals surface area contributed by atoms with Crippen molar-refractivity contribution in [3.05, 3.63) is 71.0 Å². The van der Waals surface area contributed by atoms with Gasteiger partial charge < -0.3 is 10.7 Å². The first-order chi connectivity index (χ1) is 13.0. The van der Waals surface area contributed by atoms with Gasteiger partial charge in [-0.25, -0.2) is 4.68 Å². The van der Waals surface area contributed by atoms with E-state index in [2.05, 4.69) is 52.1 Å². The summed E-state index contributed by atoms with van der Waals surface area (Å²) in [6.07, 6.45) is 0. The summed E-state index contributed by atoms with van der Waals surface area (Å²) < 4.78 is 1.85. The lowest BCUT2D eigenvalue weighted by Crippen LogP contribution is -2.41. The molecule has 2 unspecified atom stereocenters. The number of nitrogens with one attached hydrogen (secondary N) is 2. The SMILES string of the molecule is Cc1ccc(NC(=O)C2Sc3nnc(C)n3NC2c2ccc(C)cc2)cc1. The normalized spacial score (nSPS) is 18.5. The van der Waals surface area contributed by atoms with Crippen molar-refractivity contribution < 1.29 is 4.79 Å². The molecule has 0 aliphatic carbocycles. The Kier molecular flexibility index (Phi) is 4.61. The number of rotatable bonds is 3. The van der Waals surface area contributed by atoms with Crippen LogP contribution in [0.5, 0.6) is 0 Å². The molecule has 2 heterocycles. The van der Waals surface area contributed by atoms with Crippen LogP contribution in [0, 0.1) is 20.8 Å². The number of carbonyl (C=O) groups excluding carboxylic acids is 1. The molecule has 1 aromatic heterocycles. The summed E-state index contributed by atoms with van der Waals surface area (Å²) in [5, 5.41) is 11.7. The Labute approximate surface area is 162 Å². The minimum Gasteiger partial charge on any atom is -0.325 e. The number of anilines is 1. The number of aromatic nitrogens is 3. The highest BCUT2D eigenvalue weighted by Crippen LogP contribution is 2.37. The maximum Gasteiger partial charge on any atom is 0.240 e. The molecule has 4 rings (SSSR count). The first kappa shape index (κ1) is 17.6. The highest BCUT2D eigenvalue weighted by Gasteiger charge is 2.37. The molecule has 1 aliphatic heterocycles. The number of benzene rings is 2. The zero-order valence-corrected chi connectivity index (χ0v) is 16.2. The number of amides is 1. The van der Waals surface area contributed by atoms with Crippen molar-refractivity contribution in [2.75, 3.05) is 10.7 Å². The molecule has 0 saturated carbocycles. The summed E-state index contributed by atoms with van der Waals surface area (Å²) in [4.78, 5) is 13.1. The van der Waals surface area contributed by atoms with Crippen LogP contribution in [0.4, 0.5) is 5.69 Å².